The fraction of sp³-hybridized carbons (Fsp3) is 0.875. The van der Waals surface area contributed by atoms with Crippen molar-refractivity contribution in [2.75, 3.05) is 0 Å². The Morgan fingerprint density at radius 1 is 1.36 bits per heavy atom. The summed E-state index contributed by atoms with van der Waals surface area (Å²) in [4.78, 5) is 10.9. The van der Waals surface area contributed by atoms with E-state index in [4.69, 9.17) is 5.11 Å². The summed E-state index contributed by atoms with van der Waals surface area (Å²) >= 11 is 0. The molecule has 0 heterocycles. The summed E-state index contributed by atoms with van der Waals surface area (Å²) in [5.41, 5.74) is -1.19. The molecule has 2 aliphatic carbocycles. The van der Waals surface area contributed by atoms with Crippen LogP contribution in [0.15, 0.2) is 0 Å². The zero-order valence-corrected chi connectivity index (χ0v) is 8.51. The summed E-state index contributed by atoms with van der Waals surface area (Å²) in [5, 5.41) is 8.57. The van der Waals surface area contributed by atoms with E-state index in [0.717, 1.165) is 6.42 Å². The topological polar surface area (TPSA) is 83.5 Å². The molecule has 0 aromatic carbocycles. The molecule has 14 heavy (non-hydrogen) atoms. The van der Waals surface area contributed by atoms with E-state index in [2.05, 4.69) is 4.72 Å². The fourth-order valence-electron chi connectivity index (χ4n) is 1.62. The Bertz CT molecular complexity index is 354. The molecule has 0 spiro atoms. The molecule has 2 fully saturated rings. The Balaban J connectivity index is 2.11. The molecule has 2 N–H and O–H groups in total. The van der Waals surface area contributed by atoms with Gasteiger partial charge < -0.3 is 5.11 Å². The zero-order valence-electron chi connectivity index (χ0n) is 7.69. The second-order valence-corrected chi connectivity index (χ2v) is 6.05. The lowest BCUT2D eigenvalue weighted by atomic mass is 9.78. The van der Waals surface area contributed by atoms with Crippen LogP contribution in [0.3, 0.4) is 0 Å². The van der Waals surface area contributed by atoms with Crippen LogP contribution in [-0.4, -0.2) is 30.3 Å². The minimum atomic E-state index is -3.38. The minimum absolute atomic E-state index is 0.348. The predicted molar refractivity (Wildman–Crippen MR) is 49.3 cm³/mol. The second kappa shape index (κ2) is 2.93. The number of carbonyl (C=O) groups is 1. The van der Waals surface area contributed by atoms with E-state index >= 15 is 0 Å². The van der Waals surface area contributed by atoms with Gasteiger partial charge in [0.1, 0.15) is 5.54 Å². The molecule has 0 amide bonds. The van der Waals surface area contributed by atoms with Crippen molar-refractivity contribution in [3.63, 3.8) is 0 Å². The van der Waals surface area contributed by atoms with E-state index in [1.165, 1.54) is 0 Å². The molecule has 2 saturated carbocycles. The Kier molecular flexibility index (Phi) is 2.08. The molecule has 0 saturated heterocycles. The van der Waals surface area contributed by atoms with E-state index in [0.29, 0.717) is 25.7 Å². The number of carboxylic acids is 1. The van der Waals surface area contributed by atoms with Crippen molar-refractivity contribution >= 4 is 16.0 Å². The van der Waals surface area contributed by atoms with E-state index in [1.807, 2.05) is 0 Å². The number of hydrogen-bond donors (Lipinski definition) is 2. The van der Waals surface area contributed by atoms with E-state index < -0.39 is 21.5 Å². The van der Waals surface area contributed by atoms with Gasteiger partial charge in [-0.3, -0.25) is 4.79 Å². The molecule has 80 valence electrons. The van der Waals surface area contributed by atoms with Crippen molar-refractivity contribution < 1.29 is 18.3 Å². The van der Waals surface area contributed by atoms with E-state index in [1.54, 1.807) is 0 Å². The Labute approximate surface area is 82.5 Å². The largest absolute Gasteiger partial charge is 0.480 e. The molecular weight excluding hydrogens is 206 g/mol. The van der Waals surface area contributed by atoms with Crippen LogP contribution in [0.1, 0.15) is 32.1 Å². The van der Waals surface area contributed by atoms with Crippen LogP contribution in [0.4, 0.5) is 0 Å². The van der Waals surface area contributed by atoms with Crippen LogP contribution in [0, 0.1) is 0 Å². The lowest BCUT2D eigenvalue weighted by Crippen LogP contribution is -2.59. The van der Waals surface area contributed by atoms with Gasteiger partial charge in [0.25, 0.3) is 0 Å². The average Bonchev–Trinajstić information content (AvgIpc) is 2.77. The summed E-state index contributed by atoms with van der Waals surface area (Å²) < 4.78 is 25.4. The minimum Gasteiger partial charge on any atom is -0.480 e. The third kappa shape index (κ3) is 1.52. The third-order valence-electron chi connectivity index (χ3n) is 2.92. The van der Waals surface area contributed by atoms with Crippen molar-refractivity contribution in [1.29, 1.82) is 0 Å². The van der Waals surface area contributed by atoms with Gasteiger partial charge in [-0.1, -0.05) is 0 Å². The van der Waals surface area contributed by atoms with Crippen LogP contribution in [0.2, 0.25) is 0 Å². The Hall–Kier alpha value is -0.620. The first kappa shape index (κ1) is 9.92. The zero-order chi connectivity index (χ0) is 10.4. The van der Waals surface area contributed by atoms with Crippen LogP contribution in [-0.2, 0) is 14.8 Å². The van der Waals surface area contributed by atoms with Crippen molar-refractivity contribution in [3.05, 3.63) is 0 Å². The van der Waals surface area contributed by atoms with Gasteiger partial charge in [0, 0.05) is 0 Å². The summed E-state index contributed by atoms with van der Waals surface area (Å²) in [7, 11) is -3.38. The summed E-state index contributed by atoms with van der Waals surface area (Å²) in [6, 6.07) is 0. The van der Waals surface area contributed by atoms with Gasteiger partial charge >= 0.3 is 5.97 Å². The van der Waals surface area contributed by atoms with Crippen molar-refractivity contribution in [3.8, 4) is 0 Å². The highest BCUT2D eigenvalue weighted by atomic mass is 32.2. The molecule has 0 radical (unpaired) electrons. The SMILES string of the molecule is O=C(O)C1(NS(=O)(=O)C2CC2)CCC1. The fourth-order valence-corrected chi connectivity index (χ4v) is 3.38. The summed E-state index contributed by atoms with van der Waals surface area (Å²) in [6.07, 6.45) is 2.91. The molecule has 2 aliphatic rings. The van der Waals surface area contributed by atoms with Crippen molar-refractivity contribution in [2.24, 2.45) is 0 Å². The van der Waals surface area contributed by atoms with Gasteiger partial charge in [0.2, 0.25) is 10.0 Å². The molecule has 2 rings (SSSR count). The monoisotopic (exact) mass is 219 g/mol. The number of nitrogens with one attached hydrogen (secondary N) is 1. The highest BCUT2D eigenvalue weighted by Gasteiger charge is 2.50. The first-order valence-corrected chi connectivity index (χ1v) is 6.27. The van der Waals surface area contributed by atoms with E-state index in [-0.39, 0.29) is 5.25 Å². The quantitative estimate of drug-likeness (QED) is 0.701. The maximum absolute atomic E-state index is 11.5. The normalized spacial score (nSPS) is 25.4. The van der Waals surface area contributed by atoms with E-state index in [9.17, 15) is 13.2 Å². The molecule has 0 aromatic heterocycles. The highest BCUT2D eigenvalue weighted by molar-refractivity contribution is 7.90. The predicted octanol–water partition coefficient (Wildman–Crippen LogP) is 0.0755. The standard InChI is InChI=1S/C8H13NO4S/c10-7(11)8(4-1-5-8)9-14(12,13)6-2-3-6/h6,9H,1-5H2,(H,10,11). The number of hydrogen-bond acceptors (Lipinski definition) is 3. The van der Waals surface area contributed by atoms with Gasteiger partial charge in [-0.05, 0) is 32.1 Å². The molecule has 0 unspecified atom stereocenters. The lowest BCUT2D eigenvalue weighted by molar-refractivity contribution is -0.147. The number of sulfonamides is 1. The molecule has 6 heteroatoms. The summed E-state index contributed by atoms with van der Waals surface area (Å²) in [5.74, 6) is -1.05. The molecule has 0 aliphatic heterocycles. The van der Waals surface area contributed by atoms with Crippen LogP contribution < -0.4 is 4.72 Å². The maximum atomic E-state index is 11.5. The second-order valence-electron chi connectivity index (χ2n) is 4.09. The first-order chi connectivity index (χ1) is 6.46. The van der Waals surface area contributed by atoms with Crippen LogP contribution in [0.25, 0.3) is 0 Å². The number of rotatable bonds is 4. The summed E-state index contributed by atoms with van der Waals surface area (Å²) in [6.45, 7) is 0. The number of aliphatic carboxylic acids is 1. The first-order valence-electron chi connectivity index (χ1n) is 4.72. The lowest BCUT2D eigenvalue weighted by Gasteiger charge is -2.37. The van der Waals surface area contributed by atoms with Gasteiger partial charge in [-0.15, -0.1) is 0 Å². The smallest absolute Gasteiger partial charge is 0.324 e. The average molecular weight is 219 g/mol. The van der Waals surface area contributed by atoms with Gasteiger partial charge in [-0.2, -0.15) is 4.72 Å². The van der Waals surface area contributed by atoms with Gasteiger partial charge in [-0.25, -0.2) is 8.42 Å². The number of carboxylic acid groups (broad SMARTS) is 1. The van der Waals surface area contributed by atoms with Gasteiger partial charge in [0.15, 0.2) is 0 Å². The Morgan fingerprint density at radius 2 is 1.93 bits per heavy atom. The maximum Gasteiger partial charge on any atom is 0.324 e. The van der Waals surface area contributed by atoms with Crippen LogP contribution in [0.5, 0.6) is 0 Å². The van der Waals surface area contributed by atoms with Gasteiger partial charge in [0.05, 0.1) is 5.25 Å². The molecule has 0 aromatic rings. The Morgan fingerprint density at radius 3 is 2.21 bits per heavy atom. The van der Waals surface area contributed by atoms with Crippen LogP contribution >= 0.6 is 0 Å². The molecule has 0 bridgehead atoms. The molecule has 0 atom stereocenters. The van der Waals surface area contributed by atoms with Crippen molar-refractivity contribution in [1.82, 2.24) is 4.72 Å². The molecule has 5 nitrogen and oxygen atoms in total. The van der Waals surface area contributed by atoms with Crippen molar-refractivity contribution in [2.45, 2.75) is 42.9 Å². The third-order valence-corrected chi connectivity index (χ3v) is 4.94. The molecular formula is C8H13NO4S. The highest BCUT2D eigenvalue weighted by Crippen LogP contribution is 2.36.